The number of hydrogen-bond acceptors (Lipinski definition) is 3. The Kier molecular flexibility index (Phi) is 8.41. The maximum atomic E-state index is 13.6. The molecule has 0 unspecified atom stereocenters. The lowest BCUT2D eigenvalue weighted by Crippen LogP contribution is -2.26. The van der Waals surface area contributed by atoms with Gasteiger partial charge >= 0.3 is 0 Å². The van der Waals surface area contributed by atoms with Crippen molar-refractivity contribution in [1.29, 1.82) is 0 Å². The molecule has 4 heteroatoms. The van der Waals surface area contributed by atoms with Crippen LogP contribution in [-0.4, -0.2) is 5.78 Å². The van der Waals surface area contributed by atoms with E-state index in [-0.39, 0.29) is 5.78 Å². The molecule has 5 aromatic rings. The topological polar surface area (TPSA) is 41.1 Å². The van der Waals surface area contributed by atoms with Crippen LogP contribution in [0.5, 0.6) is 0 Å². The van der Waals surface area contributed by atoms with Crippen molar-refractivity contribution in [1.82, 2.24) is 0 Å². The fourth-order valence-electron chi connectivity index (χ4n) is 6.62. The van der Waals surface area contributed by atoms with Crippen molar-refractivity contribution in [3.63, 3.8) is 0 Å². The number of Topliss-reactive ketones (excluding diaryl/α,β-unsaturated/α-hetero) is 1. The van der Waals surface area contributed by atoms with E-state index in [0.29, 0.717) is 0 Å². The third-order valence-corrected chi connectivity index (χ3v) is 9.32. The summed E-state index contributed by atoms with van der Waals surface area (Å²) in [6.07, 6.45) is 14.0. The van der Waals surface area contributed by atoms with E-state index in [1.807, 2.05) is 79.0 Å². The number of benzene rings is 5. The second kappa shape index (κ2) is 13.1. The molecule has 0 saturated carbocycles. The first kappa shape index (κ1) is 29.6. The molecule has 0 aromatic heterocycles. The van der Waals surface area contributed by atoms with E-state index in [2.05, 4.69) is 72.2 Å². The van der Waals surface area contributed by atoms with Crippen molar-refractivity contribution in [3.8, 4) is 0 Å². The molecule has 1 aliphatic heterocycles. The lowest BCUT2D eigenvalue weighted by Gasteiger charge is -2.20. The first-order valence-corrected chi connectivity index (χ1v) is 16.2. The third-order valence-electron chi connectivity index (χ3n) is 8.99. The molecule has 226 valence electrons. The first-order chi connectivity index (χ1) is 22.6. The number of carbonyl (C=O) groups is 1. The zero-order chi connectivity index (χ0) is 31.5. The van der Waals surface area contributed by atoms with E-state index in [0.717, 1.165) is 69.3 Å². The van der Waals surface area contributed by atoms with Gasteiger partial charge < -0.3 is 10.6 Å². The summed E-state index contributed by atoms with van der Waals surface area (Å²) in [7, 11) is 0. The van der Waals surface area contributed by atoms with Gasteiger partial charge in [0.1, 0.15) is 0 Å². The maximum Gasteiger partial charge on any atom is 0.189 e. The van der Waals surface area contributed by atoms with Crippen LogP contribution in [0.2, 0.25) is 5.02 Å². The van der Waals surface area contributed by atoms with Crippen LogP contribution in [0.15, 0.2) is 121 Å². The Bertz CT molecular complexity index is 2250. The number of allylic oxidation sites excluding steroid dienone is 2. The van der Waals surface area contributed by atoms with Crippen LogP contribution < -0.4 is 21.1 Å². The molecular formula is C42H35ClN2O. The molecule has 3 nitrogen and oxygen atoms in total. The van der Waals surface area contributed by atoms with E-state index in [9.17, 15) is 4.79 Å². The minimum absolute atomic E-state index is 0.136. The fourth-order valence-corrected chi connectivity index (χ4v) is 6.87. The molecule has 0 spiro atoms. The van der Waals surface area contributed by atoms with Gasteiger partial charge in [-0.3, -0.25) is 4.79 Å². The Morgan fingerprint density at radius 1 is 0.761 bits per heavy atom. The highest BCUT2D eigenvalue weighted by Gasteiger charge is 2.21. The quantitative estimate of drug-likeness (QED) is 0.198. The van der Waals surface area contributed by atoms with Gasteiger partial charge in [0.15, 0.2) is 5.78 Å². The molecule has 2 N–H and O–H groups in total. The van der Waals surface area contributed by atoms with Crippen molar-refractivity contribution in [2.24, 2.45) is 0 Å². The number of carbonyl (C=O) groups excluding carboxylic acids is 1. The molecular weight excluding hydrogens is 584 g/mol. The SMILES string of the molecule is C1=CNc2ccccc2C=C1.Cc1ccccc1Nc1ccc(C(=O)C2=c3ccc4c(c3CCC2)CC=c2c(Cl)cccc2=4)cc1. The van der Waals surface area contributed by atoms with Crippen LogP contribution in [0.4, 0.5) is 17.1 Å². The predicted octanol–water partition coefficient (Wildman–Crippen LogP) is 9.02. The molecule has 3 aliphatic rings. The summed E-state index contributed by atoms with van der Waals surface area (Å²) in [4.78, 5) is 13.6. The number of nitrogens with one attached hydrogen (secondary N) is 2. The number of rotatable bonds is 4. The minimum Gasteiger partial charge on any atom is -0.361 e. The van der Waals surface area contributed by atoms with E-state index in [1.54, 1.807) is 0 Å². The summed E-state index contributed by atoms with van der Waals surface area (Å²) in [5.41, 5.74) is 9.99. The van der Waals surface area contributed by atoms with Crippen LogP contribution in [0, 0.1) is 17.4 Å². The third kappa shape index (κ3) is 5.94. The van der Waals surface area contributed by atoms with Gasteiger partial charge in [-0.2, -0.15) is 0 Å². The second-order valence-corrected chi connectivity index (χ2v) is 12.3. The molecule has 0 radical (unpaired) electrons. The van der Waals surface area contributed by atoms with Crippen LogP contribution in [0.1, 0.15) is 45.5 Å². The molecule has 0 saturated heterocycles. The maximum absolute atomic E-state index is 13.6. The Balaban J connectivity index is 0.000000259. The molecule has 5 aromatic carbocycles. The highest BCUT2D eigenvalue weighted by Crippen LogP contribution is 2.26. The monoisotopic (exact) mass is 618 g/mol. The van der Waals surface area contributed by atoms with Crippen molar-refractivity contribution in [2.45, 2.75) is 32.6 Å². The highest BCUT2D eigenvalue weighted by molar-refractivity contribution is 6.30. The standard InChI is InChI=1S/C32H26ClNO.C10H9N/c1-20-6-2-3-11-31(20)34-22-14-12-21(13-15-22)32(35)29-9-4-7-23-25-18-19-28-24(8-5-10-30(28)33)26(25)16-17-27(23)29;1-2-7-10-9(5-1)6-3-4-8-11-10/h2-3,5-6,8,10-17,19,34H,4,7,9,18H2,1H3;1-8,11H. The van der Waals surface area contributed by atoms with Crippen molar-refractivity contribution in [2.75, 3.05) is 10.6 Å². The summed E-state index contributed by atoms with van der Waals surface area (Å²) in [6, 6.07) is 34.7. The number of ketones is 1. The highest BCUT2D eigenvalue weighted by atomic mass is 35.5. The molecule has 0 atom stereocenters. The summed E-state index contributed by atoms with van der Waals surface area (Å²) in [5.74, 6) is 0.136. The first-order valence-electron chi connectivity index (χ1n) is 15.9. The van der Waals surface area contributed by atoms with Crippen LogP contribution in [-0.2, 0) is 12.8 Å². The Morgan fingerprint density at radius 2 is 1.57 bits per heavy atom. The van der Waals surface area contributed by atoms with E-state index < -0.39 is 0 Å². The van der Waals surface area contributed by atoms with Gasteiger partial charge in [0.05, 0.1) is 0 Å². The Hall–Kier alpha value is -5.12. The van der Waals surface area contributed by atoms with Gasteiger partial charge in [-0.15, -0.1) is 0 Å². The van der Waals surface area contributed by atoms with E-state index in [1.165, 1.54) is 32.7 Å². The minimum atomic E-state index is 0.136. The molecule has 0 bridgehead atoms. The molecule has 2 aliphatic carbocycles. The van der Waals surface area contributed by atoms with Crippen LogP contribution in [0.25, 0.3) is 17.7 Å². The van der Waals surface area contributed by atoms with Gasteiger partial charge in [-0.05, 0) is 124 Å². The number of hydrogen-bond donors (Lipinski definition) is 2. The number of aryl methyl sites for hydroxylation is 1. The van der Waals surface area contributed by atoms with E-state index >= 15 is 0 Å². The summed E-state index contributed by atoms with van der Waals surface area (Å²) in [5, 5.41) is 12.1. The van der Waals surface area contributed by atoms with E-state index in [4.69, 9.17) is 11.6 Å². The van der Waals surface area contributed by atoms with Gasteiger partial charge in [0.25, 0.3) is 0 Å². The molecule has 0 fully saturated rings. The molecule has 46 heavy (non-hydrogen) atoms. The largest absolute Gasteiger partial charge is 0.361 e. The average molecular weight is 619 g/mol. The molecule has 8 rings (SSSR count). The fraction of sp³-hybridized carbons (Fsp3) is 0.119. The van der Waals surface area contributed by atoms with Crippen molar-refractivity contribution < 1.29 is 4.79 Å². The predicted molar refractivity (Wildman–Crippen MR) is 193 cm³/mol. The Morgan fingerprint density at radius 3 is 2.43 bits per heavy atom. The average Bonchev–Trinajstić information content (AvgIpc) is 3.35. The van der Waals surface area contributed by atoms with Gasteiger partial charge in [-0.1, -0.05) is 90.5 Å². The zero-order valence-electron chi connectivity index (χ0n) is 25.8. The van der Waals surface area contributed by atoms with Gasteiger partial charge in [-0.25, -0.2) is 0 Å². The van der Waals surface area contributed by atoms with Gasteiger partial charge in [0, 0.05) is 39.4 Å². The summed E-state index contributed by atoms with van der Waals surface area (Å²) in [6.45, 7) is 2.08. The lowest BCUT2D eigenvalue weighted by molar-refractivity contribution is 0.105. The number of anilines is 3. The summed E-state index contributed by atoms with van der Waals surface area (Å²) >= 11 is 6.46. The molecule has 1 heterocycles. The number of fused-ring (bicyclic) bond motifs is 5. The van der Waals surface area contributed by atoms with Crippen LogP contribution >= 0.6 is 11.6 Å². The summed E-state index contributed by atoms with van der Waals surface area (Å²) < 4.78 is 0. The zero-order valence-corrected chi connectivity index (χ0v) is 26.6. The second-order valence-electron chi connectivity index (χ2n) is 11.9. The van der Waals surface area contributed by atoms with Crippen molar-refractivity contribution >= 4 is 52.2 Å². The normalized spacial score (nSPS) is 13.7. The van der Waals surface area contributed by atoms with Gasteiger partial charge in [0.2, 0.25) is 0 Å². The van der Waals surface area contributed by atoms with Crippen LogP contribution in [0.3, 0.4) is 0 Å². The number of para-hydroxylation sites is 2. The lowest BCUT2D eigenvalue weighted by atomic mass is 9.84. The smallest absolute Gasteiger partial charge is 0.189 e. The Labute approximate surface area is 274 Å². The molecule has 0 amide bonds. The number of halogens is 1. The van der Waals surface area contributed by atoms with Crippen molar-refractivity contribution in [3.05, 3.63) is 175 Å².